The van der Waals surface area contributed by atoms with Crippen LogP contribution < -0.4 is 5.73 Å². The minimum Gasteiger partial charge on any atom is -0.384 e. The zero-order chi connectivity index (χ0) is 14.7. The van der Waals surface area contributed by atoms with E-state index < -0.39 is 0 Å². The molecular formula is C16H18BrN3O. The van der Waals surface area contributed by atoms with Gasteiger partial charge in [-0.25, -0.2) is 4.98 Å². The lowest BCUT2D eigenvalue weighted by atomic mass is 10.1. The van der Waals surface area contributed by atoms with E-state index in [1.165, 1.54) is 11.1 Å². The summed E-state index contributed by atoms with van der Waals surface area (Å²) in [5, 5.41) is 0. The molecule has 1 aliphatic rings. The second kappa shape index (κ2) is 6.56. The molecule has 0 saturated carbocycles. The fourth-order valence-electron chi connectivity index (χ4n) is 2.61. The molecule has 0 bridgehead atoms. The lowest BCUT2D eigenvalue weighted by Gasteiger charge is -2.33. The quantitative estimate of drug-likeness (QED) is 0.927. The van der Waals surface area contributed by atoms with Gasteiger partial charge < -0.3 is 10.5 Å². The largest absolute Gasteiger partial charge is 0.384 e. The number of halogens is 1. The van der Waals surface area contributed by atoms with Gasteiger partial charge in [0.15, 0.2) is 0 Å². The number of morpholine rings is 1. The van der Waals surface area contributed by atoms with E-state index in [-0.39, 0.29) is 6.10 Å². The Hall–Kier alpha value is -1.43. The number of aromatic nitrogens is 1. The van der Waals surface area contributed by atoms with E-state index in [1.54, 1.807) is 6.20 Å². The maximum atomic E-state index is 5.91. The highest BCUT2D eigenvalue weighted by Crippen LogP contribution is 2.25. The molecule has 1 atom stereocenters. The minimum atomic E-state index is 0.121. The summed E-state index contributed by atoms with van der Waals surface area (Å²) in [4.78, 5) is 6.43. The molecule has 4 nitrogen and oxygen atoms in total. The Labute approximate surface area is 133 Å². The fourth-order valence-corrected chi connectivity index (χ4v) is 3.02. The number of rotatable bonds is 3. The van der Waals surface area contributed by atoms with Gasteiger partial charge in [-0.05, 0) is 35.4 Å². The number of hydrogen-bond donors (Lipinski definition) is 1. The molecule has 0 aliphatic carbocycles. The van der Waals surface area contributed by atoms with Crippen molar-refractivity contribution in [3.05, 3.63) is 58.2 Å². The molecule has 1 aliphatic heterocycles. The van der Waals surface area contributed by atoms with Crippen LogP contribution in [0.4, 0.5) is 5.82 Å². The first-order chi connectivity index (χ1) is 10.2. The Kier molecular flexibility index (Phi) is 4.53. The summed E-state index contributed by atoms with van der Waals surface area (Å²) in [6, 6.07) is 12.3. The molecule has 3 rings (SSSR count). The Morgan fingerprint density at radius 2 is 2.24 bits per heavy atom. The lowest BCUT2D eigenvalue weighted by molar-refractivity contribution is -0.0329. The van der Waals surface area contributed by atoms with Crippen LogP contribution in [-0.4, -0.2) is 29.6 Å². The van der Waals surface area contributed by atoms with Gasteiger partial charge in [-0.3, -0.25) is 4.90 Å². The van der Waals surface area contributed by atoms with Gasteiger partial charge in [0.2, 0.25) is 0 Å². The lowest BCUT2D eigenvalue weighted by Crippen LogP contribution is -2.37. The van der Waals surface area contributed by atoms with Crippen molar-refractivity contribution in [2.24, 2.45) is 0 Å². The SMILES string of the molecule is Nc1cc(CN2CCO[C@H](c3cccc(Br)c3)C2)ccn1. The van der Waals surface area contributed by atoms with Gasteiger partial charge in [0.1, 0.15) is 5.82 Å². The summed E-state index contributed by atoms with van der Waals surface area (Å²) in [6.45, 7) is 3.45. The molecule has 110 valence electrons. The van der Waals surface area contributed by atoms with Gasteiger partial charge in [-0.2, -0.15) is 0 Å². The number of pyridine rings is 1. The molecular weight excluding hydrogens is 330 g/mol. The maximum absolute atomic E-state index is 5.91. The van der Waals surface area contributed by atoms with Crippen molar-refractivity contribution < 1.29 is 4.74 Å². The van der Waals surface area contributed by atoms with Crippen molar-refractivity contribution >= 4 is 21.7 Å². The van der Waals surface area contributed by atoms with Crippen molar-refractivity contribution in [2.75, 3.05) is 25.4 Å². The zero-order valence-electron chi connectivity index (χ0n) is 11.7. The smallest absolute Gasteiger partial charge is 0.123 e. The Morgan fingerprint density at radius 3 is 3.05 bits per heavy atom. The van der Waals surface area contributed by atoms with Crippen LogP contribution in [0.3, 0.4) is 0 Å². The monoisotopic (exact) mass is 347 g/mol. The summed E-state index contributed by atoms with van der Waals surface area (Å²) in [5.41, 5.74) is 8.14. The number of benzene rings is 1. The summed E-state index contributed by atoms with van der Waals surface area (Å²) in [5.74, 6) is 0.573. The third-order valence-electron chi connectivity index (χ3n) is 3.62. The van der Waals surface area contributed by atoms with Gasteiger partial charge in [0.05, 0.1) is 12.7 Å². The van der Waals surface area contributed by atoms with Crippen LogP contribution in [0.2, 0.25) is 0 Å². The van der Waals surface area contributed by atoms with E-state index in [0.29, 0.717) is 5.82 Å². The van der Waals surface area contributed by atoms with Gasteiger partial charge in [-0.1, -0.05) is 28.1 Å². The molecule has 1 aromatic heterocycles. The molecule has 0 amide bonds. The first-order valence-corrected chi connectivity index (χ1v) is 7.80. The van der Waals surface area contributed by atoms with Gasteiger partial charge >= 0.3 is 0 Å². The molecule has 0 radical (unpaired) electrons. The summed E-state index contributed by atoms with van der Waals surface area (Å²) < 4.78 is 7.00. The predicted molar refractivity (Wildman–Crippen MR) is 86.8 cm³/mol. The average Bonchev–Trinajstić information content (AvgIpc) is 2.47. The van der Waals surface area contributed by atoms with E-state index in [1.807, 2.05) is 24.3 Å². The maximum Gasteiger partial charge on any atom is 0.123 e. The normalized spacial score (nSPS) is 19.6. The highest BCUT2D eigenvalue weighted by atomic mass is 79.9. The van der Waals surface area contributed by atoms with Crippen LogP contribution in [0.1, 0.15) is 17.2 Å². The van der Waals surface area contributed by atoms with Crippen molar-refractivity contribution in [2.45, 2.75) is 12.6 Å². The average molecular weight is 348 g/mol. The van der Waals surface area contributed by atoms with Crippen molar-refractivity contribution in [1.29, 1.82) is 0 Å². The highest BCUT2D eigenvalue weighted by Gasteiger charge is 2.22. The third kappa shape index (κ3) is 3.81. The van der Waals surface area contributed by atoms with E-state index in [2.05, 4.69) is 37.9 Å². The first-order valence-electron chi connectivity index (χ1n) is 7.00. The number of nitrogen functional groups attached to an aromatic ring is 1. The summed E-state index contributed by atoms with van der Waals surface area (Å²) in [7, 11) is 0. The molecule has 0 spiro atoms. The van der Waals surface area contributed by atoms with Crippen LogP contribution in [-0.2, 0) is 11.3 Å². The number of ether oxygens (including phenoxy) is 1. The summed E-state index contributed by atoms with van der Waals surface area (Å²) >= 11 is 3.52. The van der Waals surface area contributed by atoms with Crippen LogP contribution >= 0.6 is 15.9 Å². The number of nitrogens with zero attached hydrogens (tertiary/aromatic N) is 2. The molecule has 2 heterocycles. The van der Waals surface area contributed by atoms with Crippen molar-refractivity contribution in [1.82, 2.24) is 9.88 Å². The first kappa shape index (κ1) is 14.5. The van der Waals surface area contributed by atoms with Crippen LogP contribution in [0.5, 0.6) is 0 Å². The van der Waals surface area contributed by atoms with Gasteiger partial charge in [-0.15, -0.1) is 0 Å². The highest BCUT2D eigenvalue weighted by molar-refractivity contribution is 9.10. The number of nitrogens with two attached hydrogens (primary N) is 1. The third-order valence-corrected chi connectivity index (χ3v) is 4.12. The zero-order valence-corrected chi connectivity index (χ0v) is 13.3. The van der Waals surface area contributed by atoms with E-state index in [4.69, 9.17) is 10.5 Å². The molecule has 1 saturated heterocycles. The van der Waals surface area contributed by atoms with Crippen LogP contribution in [0, 0.1) is 0 Å². The van der Waals surface area contributed by atoms with E-state index in [0.717, 1.165) is 30.7 Å². The predicted octanol–water partition coefficient (Wildman–Crippen LogP) is 3.00. The Bertz CT molecular complexity index is 620. The Morgan fingerprint density at radius 1 is 1.33 bits per heavy atom. The van der Waals surface area contributed by atoms with Crippen molar-refractivity contribution in [3.63, 3.8) is 0 Å². The molecule has 2 aromatic rings. The van der Waals surface area contributed by atoms with Crippen molar-refractivity contribution in [3.8, 4) is 0 Å². The minimum absolute atomic E-state index is 0.121. The van der Waals surface area contributed by atoms with E-state index >= 15 is 0 Å². The molecule has 1 fully saturated rings. The molecule has 5 heteroatoms. The van der Waals surface area contributed by atoms with Crippen LogP contribution in [0.25, 0.3) is 0 Å². The second-order valence-corrected chi connectivity index (χ2v) is 6.15. The number of anilines is 1. The fraction of sp³-hybridized carbons (Fsp3) is 0.312. The molecule has 0 unspecified atom stereocenters. The second-order valence-electron chi connectivity index (χ2n) is 5.24. The number of hydrogen-bond acceptors (Lipinski definition) is 4. The van der Waals surface area contributed by atoms with Crippen LogP contribution in [0.15, 0.2) is 47.1 Å². The standard InChI is InChI=1S/C16H18BrN3O/c17-14-3-1-2-13(9-14)15-11-20(6-7-21-15)10-12-4-5-19-16(18)8-12/h1-5,8-9,15H,6-7,10-11H2,(H2,18,19)/t15-/m0/s1. The Balaban J connectivity index is 1.68. The molecule has 21 heavy (non-hydrogen) atoms. The summed E-state index contributed by atoms with van der Waals surface area (Å²) in [6.07, 6.45) is 1.88. The van der Waals surface area contributed by atoms with Gasteiger partial charge in [0.25, 0.3) is 0 Å². The molecule has 2 N–H and O–H groups in total. The van der Waals surface area contributed by atoms with E-state index in [9.17, 15) is 0 Å². The molecule has 1 aromatic carbocycles. The van der Waals surface area contributed by atoms with Gasteiger partial charge in [0, 0.05) is 30.3 Å². The topological polar surface area (TPSA) is 51.4 Å².